The monoisotopic (exact) mass is 482 g/mol. The number of thioether (sulfide) groups is 1. The van der Waals surface area contributed by atoms with Gasteiger partial charge in [-0.2, -0.15) is 13.2 Å². The van der Waals surface area contributed by atoms with Crippen LogP contribution in [0.15, 0.2) is 41.7 Å². The summed E-state index contributed by atoms with van der Waals surface area (Å²) >= 11 is 1.33. The van der Waals surface area contributed by atoms with Crippen LogP contribution in [0.25, 0.3) is 4.91 Å². The third-order valence-electron chi connectivity index (χ3n) is 3.55. The summed E-state index contributed by atoms with van der Waals surface area (Å²) in [4.78, 5) is 4.76. The van der Waals surface area contributed by atoms with Crippen LogP contribution in [0.1, 0.15) is 44.7 Å². The van der Waals surface area contributed by atoms with Crippen molar-refractivity contribution in [3.8, 4) is 0 Å². The van der Waals surface area contributed by atoms with Crippen LogP contribution in [0, 0.1) is 0 Å². The summed E-state index contributed by atoms with van der Waals surface area (Å²) < 4.78 is 60.2. The van der Waals surface area contributed by atoms with Crippen LogP contribution in [-0.2, 0) is 0 Å². The van der Waals surface area contributed by atoms with Gasteiger partial charge in [-0.15, -0.1) is 11.8 Å². The Morgan fingerprint density at radius 2 is 1.91 bits per heavy atom. The van der Waals surface area contributed by atoms with Crippen molar-refractivity contribution in [3.05, 3.63) is 47.8 Å². The molecule has 0 bridgehead atoms. The predicted molar refractivity (Wildman–Crippen MR) is 124 cm³/mol. The Kier molecular flexibility index (Phi) is 13.0. The van der Waals surface area contributed by atoms with Crippen LogP contribution >= 0.6 is 11.8 Å². The zero-order valence-electron chi connectivity index (χ0n) is 18.6. The van der Waals surface area contributed by atoms with E-state index < -0.39 is 23.9 Å². The number of hydrogen-bond donors (Lipinski definition) is 4. The summed E-state index contributed by atoms with van der Waals surface area (Å²) in [7, 11) is 1.18. The van der Waals surface area contributed by atoms with Crippen molar-refractivity contribution in [1.82, 2.24) is 5.32 Å². The molecular weight excluding hydrogens is 451 g/mol. The average molecular weight is 483 g/mol. The molecule has 1 aromatic rings. The predicted octanol–water partition coefficient (Wildman–Crippen LogP) is 5.52. The van der Waals surface area contributed by atoms with Gasteiger partial charge in [-0.3, -0.25) is 4.99 Å². The fraction of sp³-hybridized carbons (Fsp3) is 0.476. The number of rotatable bonds is 10. The highest BCUT2D eigenvalue weighted by atomic mass is 32.2. The standard InChI is InChI=1S/C17H25F2N3OS.C4H6F3N/c1-4-5-21-11-22-14-7-12(6-13(8-14)16(18)19)15(9-20)24-10-17(2,3)23;1-3(8-2)4(5,6)7/h5-9,16,22-23H,4,10-11,20H2,1-3H3;8H,1H2,2H3/b15-9-,21-5-;. The molecule has 0 aliphatic carbocycles. The Bertz CT molecular complexity index is 774. The highest BCUT2D eigenvalue weighted by molar-refractivity contribution is 8.08. The molecule has 182 valence electrons. The highest BCUT2D eigenvalue weighted by Gasteiger charge is 2.30. The smallest absolute Gasteiger partial charge is 0.404 e. The summed E-state index contributed by atoms with van der Waals surface area (Å²) in [6, 6.07) is 4.58. The molecule has 0 radical (unpaired) electrons. The van der Waals surface area contributed by atoms with E-state index in [9.17, 15) is 27.1 Å². The molecule has 0 saturated heterocycles. The van der Waals surface area contributed by atoms with E-state index in [2.05, 4.69) is 16.9 Å². The fourth-order valence-corrected chi connectivity index (χ4v) is 2.87. The number of nitrogens with one attached hydrogen (secondary N) is 2. The van der Waals surface area contributed by atoms with Crippen molar-refractivity contribution < 1.29 is 27.1 Å². The minimum atomic E-state index is -4.30. The normalized spacial score (nSPS) is 12.5. The third-order valence-corrected chi connectivity index (χ3v) is 5.09. The second-order valence-electron chi connectivity index (χ2n) is 7.11. The highest BCUT2D eigenvalue weighted by Crippen LogP contribution is 2.34. The maximum atomic E-state index is 13.2. The van der Waals surface area contributed by atoms with Gasteiger partial charge in [0.05, 0.1) is 5.60 Å². The van der Waals surface area contributed by atoms with Gasteiger partial charge < -0.3 is 21.5 Å². The van der Waals surface area contributed by atoms with Crippen LogP contribution in [0.4, 0.5) is 27.6 Å². The molecule has 0 saturated carbocycles. The fourth-order valence-electron chi connectivity index (χ4n) is 1.98. The first kappa shape index (κ1) is 29.7. The lowest BCUT2D eigenvalue weighted by Gasteiger charge is -2.18. The van der Waals surface area contributed by atoms with Crippen molar-refractivity contribution in [3.63, 3.8) is 0 Å². The Morgan fingerprint density at radius 3 is 2.31 bits per heavy atom. The van der Waals surface area contributed by atoms with Gasteiger partial charge in [-0.25, -0.2) is 8.78 Å². The lowest BCUT2D eigenvalue weighted by molar-refractivity contribution is -0.0955. The number of aliphatic imine (C=N–C) groups is 1. The first-order chi connectivity index (χ1) is 14.7. The molecule has 0 atom stereocenters. The van der Waals surface area contributed by atoms with Crippen LogP contribution < -0.4 is 16.4 Å². The molecule has 0 fully saturated rings. The van der Waals surface area contributed by atoms with Crippen molar-refractivity contribution >= 4 is 28.6 Å². The number of alkyl halides is 5. The quantitative estimate of drug-likeness (QED) is 0.261. The number of hydrogen-bond acceptors (Lipinski definition) is 6. The molecular formula is C21H31F5N4OS. The van der Waals surface area contributed by atoms with Crippen LogP contribution in [0.2, 0.25) is 0 Å². The average Bonchev–Trinajstić information content (AvgIpc) is 2.70. The summed E-state index contributed by atoms with van der Waals surface area (Å²) in [5.41, 5.74) is 4.91. The number of aliphatic hydroxyl groups is 1. The van der Waals surface area contributed by atoms with E-state index in [4.69, 9.17) is 5.73 Å². The molecule has 0 aliphatic heterocycles. The molecule has 0 aromatic heterocycles. The molecule has 0 amide bonds. The summed E-state index contributed by atoms with van der Waals surface area (Å²) in [6.45, 7) is 8.36. The van der Waals surface area contributed by atoms with Gasteiger partial charge in [0.1, 0.15) is 12.4 Å². The van der Waals surface area contributed by atoms with Gasteiger partial charge >= 0.3 is 6.18 Å². The first-order valence-corrected chi connectivity index (χ1v) is 10.6. The number of nitrogens with zero attached hydrogens (tertiary/aromatic N) is 1. The largest absolute Gasteiger partial charge is 0.430 e. The van der Waals surface area contributed by atoms with Gasteiger partial charge in [-0.05, 0) is 44.0 Å². The van der Waals surface area contributed by atoms with Gasteiger partial charge in [0, 0.05) is 41.4 Å². The SMILES string of the molecule is C=C(NC)C(F)(F)F.CC/C=N\CNc1cc(/C(=C/N)SCC(C)(C)O)cc(C(F)F)c1. The lowest BCUT2D eigenvalue weighted by Crippen LogP contribution is -2.21. The third kappa shape index (κ3) is 12.6. The number of benzene rings is 1. The second kappa shape index (κ2) is 14.0. The van der Waals surface area contributed by atoms with Gasteiger partial charge in [0.15, 0.2) is 0 Å². The Morgan fingerprint density at radius 1 is 1.28 bits per heavy atom. The summed E-state index contributed by atoms with van der Waals surface area (Å²) in [6.07, 6.45) is -2.93. The molecule has 0 heterocycles. The molecule has 5 nitrogen and oxygen atoms in total. The maximum absolute atomic E-state index is 13.2. The van der Waals surface area contributed by atoms with E-state index >= 15 is 0 Å². The molecule has 0 spiro atoms. The summed E-state index contributed by atoms with van der Waals surface area (Å²) in [5.74, 6) is 0.401. The molecule has 1 rings (SSSR count). The molecule has 32 heavy (non-hydrogen) atoms. The Balaban J connectivity index is 0.00000102. The second-order valence-corrected chi connectivity index (χ2v) is 8.13. The van der Waals surface area contributed by atoms with Gasteiger partial charge in [-0.1, -0.05) is 13.5 Å². The van der Waals surface area contributed by atoms with E-state index in [1.54, 1.807) is 26.1 Å². The molecule has 0 aliphatic rings. The van der Waals surface area contributed by atoms with Gasteiger partial charge in [0.2, 0.25) is 0 Å². The topological polar surface area (TPSA) is 82.7 Å². The maximum Gasteiger partial charge on any atom is 0.430 e. The summed E-state index contributed by atoms with van der Waals surface area (Å²) in [5, 5.41) is 14.7. The lowest BCUT2D eigenvalue weighted by atomic mass is 10.1. The number of halogens is 5. The molecule has 1 aromatic carbocycles. The molecule has 11 heteroatoms. The van der Waals surface area contributed by atoms with E-state index in [1.165, 1.54) is 37.1 Å². The Labute approximate surface area is 190 Å². The zero-order valence-corrected chi connectivity index (χ0v) is 19.4. The molecule has 5 N–H and O–H groups in total. The van der Waals surface area contributed by atoms with Crippen molar-refractivity contribution in [2.45, 2.75) is 45.4 Å². The number of nitrogens with two attached hydrogens (primary N) is 1. The first-order valence-electron chi connectivity index (χ1n) is 9.61. The van der Waals surface area contributed by atoms with Crippen LogP contribution in [-0.4, -0.2) is 42.6 Å². The minimum Gasteiger partial charge on any atom is -0.404 e. The van der Waals surface area contributed by atoms with Crippen molar-refractivity contribution in [1.29, 1.82) is 0 Å². The van der Waals surface area contributed by atoms with Crippen molar-refractivity contribution in [2.24, 2.45) is 10.7 Å². The van der Waals surface area contributed by atoms with E-state index in [0.717, 1.165) is 6.42 Å². The van der Waals surface area contributed by atoms with Crippen LogP contribution in [0.3, 0.4) is 0 Å². The van der Waals surface area contributed by atoms with E-state index in [1.807, 2.05) is 12.2 Å². The molecule has 0 unspecified atom stereocenters. The van der Waals surface area contributed by atoms with E-state index in [-0.39, 0.29) is 5.56 Å². The van der Waals surface area contributed by atoms with Crippen molar-refractivity contribution in [2.75, 3.05) is 24.8 Å². The van der Waals surface area contributed by atoms with E-state index in [0.29, 0.717) is 28.6 Å². The minimum absolute atomic E-state index is 0.0855. The Hall–Kier alpha value is -2.27. The number of anilines is 1. The van der Waals surface area contributed by atoms with Crippen LogP contribution in [0.5, 0.6) is 0 Å². The number of allylic oxidation sites excluding steroid dienone is 1. The van der Waals surface area contributed by atoms with Gasteiger partial charge in [0.25, 0.3) is 6.43 Å². The zero-order chi connectivity index (χ0) is 24.9.